The molecule has 0 saturated heterocycles. The fourth-order valence-corrected chi connectivity index (χ4v) is 3.57. The number of sulfonamides is 1. The minimum absolute atomic E-state index is 0.0760. The molecule has 7 heteroatoms. The van der Waals surface area contributed by atoms with E-state index in [1.807, 2.05) is 62.3 Å². The van der Waals surface area contributed by atoms with Gasteiger partial charge in [-0.25, -0.2) is 17.5 Å². The molecule has 0 spiro atoms. The van der Waals surface area contributed by atoms with Crippen LogP contribution in [-0.2, 0) is 10.0 Å². The van der Waals surface area contributed by atoms with Gasteiger partial charge in [-0.1, -0.05) is 18.2 Å². The van der Waals surface area contributed by atoms with Crippen LogP contribution in [0.3, 0.4) is 0 Å². The lowest BCUT2D eigenvalue weighted by molar-refractivity contribution is 0.299. The minimum Gasteiger partial charge on any atom is -0.378 e. The van der Waals surface area contributed by atoms with Crippen molar-refractivity contribution in [2.75, 3.05) is 39.6 Å². The monoisotopic (exact) mass is 365 g/mol. The van der Waals surface area contributed by atoms with E-state index in [1.165, 1.54) is 18.2 Å². The summed E-state index contributed by atoms with van der Waals surface area (Å²) in [6.45, 7) is 0.188. The predicted octanol–water partition coefficient (Wildman–Crippen LogP) is 2.47. The molecule has 136 valence electrons. The first-order chi connectivity index (χ1) is 11.7. The number of halogens is 1. The van der Waals surface area contributed by atoms with Crippen LogP contribution in [0.4, 0.5) is 10.1 Å². The fourth-order valence-electron chi connectivity index (χ4n) is 2.50. The Balaban J connectivity index is 2.17. The van der Waals surface area contributed by atoms with Gasteiger partial charge >= 0.3 is 0 Å². The van der Waals surface area contributed by atoms with Crippen molar-refractivity contribution in [2.45, 2.75) is 10.9 Å². The van der Waals surface area contributed by atoms with E-state index >= 15 is 0 Å². The number of hydrogen-bond donors (Lipinski definition) is 1. The van der Waals surface area contributed by atoms with Crippen molar-refractivity contribution < 1.29 is 12.8 Å². The molecule has 0 amide bonds. The third-order valence-corrected chi connectivity index (χ3v) is 5.41. The molecule has 1 N–H and O–H groups in total. The summed E-state index contributed by atoms with van der Waals surface area (Å²) >= 11 is 0. The summed E-state index contributed by atoms with van der Waals surface area (Å²) in [5, 5.41) is 0. The standard InChI is InChI=1S/C18H24FN3O2S/c1-21(2)16-10-8-14(9-11-16)18(22(3)4)13-20-25(23,24)17-7-5-6-15(19)12-17/h5-12,18,20H,13H2,1-4H3/t18-/m0/s1. The molecule has 0 fully saturated rings. The highest BCUT2D eigenvalue weighted by Crippen LogP contribution is 2.21. The van der Waals surface area contributed by atoms with Crippen LogP contribution in [0.5, 0.6) is 0 Å². The fraction of sp³-hybridized carbons (Fsp3) is 0.333. The van der Waals surface area contributed by atoms with Crippen LogP contribution in [0.2, 0.25) is 0 Å². The Morgan fingerprint density at radius 3 is 2.20 bits per heavy atom. The molecule has 0 radical (unpaired) electrons. The molecule has 0 aliphatic rings. The van der Waals surface area contributed by atoms with Crippen molar-refractivity contribution >= 4 is 15.7 Å². The van der Waals surface area contributed by atoms with E-state index in [4.69, 9.17) is 0 Å². The van der Waals surface area contributed by atoms with Crippen molar-refractivity contribution in [2.24, 2.45) is 0 Å². The van der Waals surface area contributed by atoms with E-state index in [9.17, 15) is 12.8 Å². The number of anilines is 1. The summed E-state index contributed by atoms with van der Waals surface area (Å²) in [5.41, 5.74) is 2.07. The van der Waals surface area contributed by atoms with Gasteiger partial charge in [0.25, 0.3) is 0 Å². The van der Waals surface area contributed by atoms with Gasteiger partial charge in [0.2, 0.25) is 10.0 Å². The van der Waals surface area contributed by atoms with Gasteiger partial charge < -0.3 is 9.80 Å². The first-order valence-electron chi connectivity index (χ1n) is 7.89. The first-order valence-corrected chi connectivity index (χ1v) is 9.38. The quantitative estimate of drug-likeness (QED) is 0.819. The maximum absolute atomic E-state index is 13.3. The zero-order valence-electron chi connectivity index (χ0n) is 14.9. The van der Waals surface area contributed by atoms with Gasteiger partial charge in [-0.05, 0) is 50.0 Å². The molecular formula is C18H24FN3O2S. The Hall–Kier alpha value is -1.96. The number of likely N-dealkylation sites (N-methyl/N-ethyl adjacent to an activating group) is 1. The molecule has 0 saturated carbocycles. The predicted molar refractivity (Wildman–Crippen MR) is 98.8 cm³/mol. The number of nitrogens with one attached hydrogen (secondary N) is 1. The Bertz CT molecular complexity index is 805. The van der Waals surface area contributed by atoms with Crippen LogP contribution in [0.1, 0.15) is 11.6 Å². The topological polar surface area (TPSA) is 52.7 Å². The van der Waals surface area contributed by atoms with Crippen LogP contribution in [0.15, 0.2) is 53.4 Å². The van der Waals surface area contributed by atoms with Gasteiger partial charge in [0.05, 0.1) is 4.90 Å². The number of rotatable bonds is 7. The van der Waals surface area contributed by atoms with E-state index in [1.54, 1.807) is 0 Å². The second-order valence-electron chi connectivity index (χ2n) is 6.27. The van der Waals surface area contributed by atoms with Gasteiger partial charge in [0.15, 0.2) is 0 Å². The van der Waals surface area contributed by atoms with Crippen LogP contribution in [-0.4, -0.2) is 48.1 Å². The summed E-state index contributed by atoms with van der Waals surface area (Å²) in [6.07, 6.45) is 0. The first kappa shape index (κ1) is 19.4. The summed E-state index contributed by atoms with van der Waals surface area (Å²) in [5.74, 6) is -0.577. The van der Waals surface area contributed by atoms with Crippen molar-refractivity contribution in [1.82, 2.24) is 9.62 Å². The third-order valence-electron chi connectivity index (χ3n) is 3.99. The highest BCUT2D eigenvalue weighted by molar-refractivity contribution is 7.89. The van der Waals surface area contributed by atoms with Crippen molar-refractivity contribution in [3.63, 3.8) is 0 Å². The molecule has 0 bridgehead atoms. The molecule has 2 aromatic carbocycles. The van der Waals surface area contributed by atoms with E-state index in [-0.39, 0.29) is 17.5 Å². The Morgan fingerprint density at radius 1 is 1.04 bits per heavy atom. The maximum Gasteiger partial charge on any atom is 0.240 e. The van der Waals surface area contributed by atoms with Crippen LogP contribution < -0.4 is 9.62 Å². The van der Waals surface area contributed by atoms with Gasteiger partial charge in [-0.3, -0.25) is 0 Å². The normalized spacial score (nSPS) is 13.0. The van der Waals surface area contributed by atoms with Gasteiger partial charge in [-0.2, -0.15) is 0 Å². The van der Waals surface area contributed by atoms with E-state index in [2.05, 4.69) is 4.72 Å². The van der Waals surface area contributed by atoms with Gasteiger partial charge in [-0.15, -0.1) is 0 Å². The Kier molecular flexibility index (Phi) is 6.16. The lowest BCUT2D eigenvalue weighted by Crippen LogP contribution is -2.34. The summed E-state index contributed by atoms with van der Waals surface area (Å²) in [6, 6.07) is 12.8. The molecule has 2 rings (SSSR count). The van der Waals surface area contributed by atoms with Crippen LogP contribution in [0, 0.1) is 5.82 Å². The molecule has 0 aromatic heterocycles. The SMILES string of the molecule is CN(C)c1ccc([C@H](CNS(=O)(=O)c2cccc(F)c2)N(C)C)cc1. The minimum atomic E-state index is -3.77. The zero-order chi connectivity index (χ0) is 18.6. The van der Waals surface area contributed by atoms with Crippen molar-refractivity contribution in [1.29, 1.82) is 0 Å². The van der Waals surface area contributed by atoms with Crippen LogP contribution >= 0.6 is 0 Å². The van der Waals surface area contributed by atoms with Crippen molar-refractivity contribution in [3.05, 3.63) is 59.9 Å². The molecule has 0 heterocycles. The lowest BCUT2D eigenvalue weighted by atomic mass is 10.1. The third kappa shape index (κ3) is 5.01. The van der Waals surface area contributed by atoms with Crippen LogP contribution in [0.25, 0.3) is 0 Å². The van der Waals surface area contributed by atoms with Crippen molar-refractivity contribution in [3.8, 4) is 0 Å². The van der Waals surface area contributed by atoms with Gasteiger partial charge in [0.1, 0.15) is 5.82 Å². The molecule has 1 atom stereocenters. The maximum atomic E-state index is 13.3. The lowest BCUT2D eigenvalue weighted by Gasteiger charge is -2.25. The molecule has 2 aromatic rings. The molecule has 5 nitrogen and oxygen atoms in total. The molecular weight excluding hydrogens is 341 g/mol. The second kappa shape index (κ2) is 7.95. The highest BCUT2D eigenvalue weighted by atomic mass is 32.2. The van der Waals surface area contributed by atoms with E-state index in [0.717, 1.165) is 17.3 Å². The van der Waals surface area contributed by atoms with Gasteiger partial charge in [0, 0.05) is 32.4 Å². The number of benzene rings is 2. The highest BCUT2D eigenvalue weighted by Gasteiger charge is 2.20. The average Bonchev–Trinajstić information content (AvgIpc) is 2.55. The summed E-state index contributed by atoms with van der Waals surface area (Å²) in [4.78, 5) is 3.87. The average molecular weight is 365 g/mol. The Labute approximate surface area is 149 Å². The largest absolute Gasteiger partial charge is 0.378 e. The second-order valence-corrected chi connectivity index (χ2v) is 8.04. The molecule has 25 heavy (non-hydrogen) atoms. The number of nitrogens with zero attached hydrogens (tertiary/aromatic N) is 2. The summed E-state index contributed by atoms with van der Waals surface area (Å²) in [7, 11) is 3.94. The van der Waals surface area contributed by atoms with E-state index < -0.39 is 15.8 Å². The molecule has 0 aliphatic heterocycles. The Morgan fingerprint density at radius 2 is 1.68 bits per heavy atom. The number of hydrogen-bond acceptors (Lipinski definition) is 4. The summed E-state index contributed by atoms with van der Waals surface area (Å²) < 4.78 is 40.6. The molecule has 0 unspecified atom stereocenters. The van der Waals surface area contributed by atoms with E-state index in [0.29, 0.717) is 0 Å². The zero-order valence-corrected chi connectivity index (χ0v) is 15.7. The molecule has 0 aliphatic carbocycles. The smallest absolute Gasteiger partial charge is 0.240 e.